The summed E-state index contributed by atoms with van der Waals surface area (Å²) in [7, 11) is -0.481. The van der Waals surface area contributed by atoms with E-state index in [1.54, 1.807) is 12.1 Å². The molecule has 0 unspecified atom stereocenters. The summed E-state index contributed by atoms with van der Waals surface area (Å²) in [5, 5.41) is 3.07. The third-order valence-corrected chi connectivity index (χ3v) is 6.15. The predicted molar refractivity (Wildman–Crippen MR) is 86.2 cm³/mol. The number of rotatable bonds is 4. The Labute approximate surface area is 132 Å². The smallest absolute Gasteiger partial charge is 0.251 e. The van der Waals surface area contributed by atoms with Crippen LogP contribution in [0.15, 0.2) is 29.2 Å². The Morgan fingerprint density at radius 1 is 1.14 bits per heavy atom. The van der Waals surface area contributed by atoms with Crippen LogP contribution in [0, 0.1) is 5.92 Å². The molecule has 1 fully saturated rings. The quantitative estimate of drug-likeness (QED) is 0.924. The Hall–Kier alpha value is -1.40. The van der Waals surface area contributed by atoms with Crippen LogP contribution < -0.4 is 5.32 Å². The van der Waals surface area contributed by atoms with Gasteiger partial charge in [-0.05, 0) is 43.0 Å². The molecule has 1 aliphatic rings. The first-order chi connectivity index (χ1) is 10.3. The molecular formula is C16H24N2O3S. The Bertz CT molecular complexity index is 623. The van der Waals surface area contributed by atoms with Crippen molar-refractivity contribution in [2.75, 3.05) is 14.1 Å². The molecule has 1 aliphatic carbocycles. The van der Waals surface area contributed by atoms with Crippen molar-refractivity contribution >= 4 is 15.9 Å². The third-order valence-electron chi connectivity index (χ3n) is 4.32. The summed E-state index contributed by atoms with van der Waals surface area (Å²) >= 11 is 0. The van der Waals surface area contributed by atoms with E-state index in [4.69, 9.17) is 0 Å². The zero-order valence-corrected chi connectivity index (χ0v) is 14.2. The van der Waals surface area contributed by atoms with Gasteiger partial charge in [0, 0.05) is 25.7 Å². The highest BCUT2D eigenvalue weighted by Crippen LogP contribution is 2.24. The van der Waals surface area contributed by atoms with Gasteiger partial charge < -0.3 is 5.32 Å². The molecule has 0 saturated heterocycles. The zero-order chi connectivity index (χ0) is 16.3. The molecule has 0 heterocycles. The molecule has 0 radical (unpaired) electrons. The van der Waals surface area contributed by atoms with E-state index >= 15 is 0 Å². The molecule has 1 N–H and O–H groups in total. The first-order valence-electron chi connectivity index (χ1n) is 7.66. The molecule has 1 aromatic rings. The fourth-order valence-electron chi connectivity index (χ4n) is 2.77. The van der Waals surface area contributed by atoms with Crippen molar-refractivity contribution in [3.05, 3.63) is 29.8 Å². The van der Waals surface area contributed by atoms with E-state index in [0.717, 1.165) is 23.6 Å². The van der Waals surface area contributed by atoms with Crippen LogP contribution in [0.25, 0.3) is 0 Å². The summed E-state index contributed by atoms with van der Waals surface area (Å²) < 4.78 is 25.2. The second-order valence-corrected chi connectivity index (χ2v) is 8.31. The number of hydrogen-bond donors (Lipinski definition) is 1. The molecule has 1 aromatic carbocycles. The largest absolute Gasteiger partial charge is 0.349 e. The Morgan fingerprint density at radius 3 is 2.27 bits per heavy atom. The van der Waals surface area contributed by atoms with Crippen LogP contribution in [0.5, 0.6) is 0 Å². The van der Waals surface area contributed by atoms with Crippen LogP contribution in [0.1, 0.15) is 43.0 Å². The second-order valence-electron chi connectivity index (χ2n) is 6.15. The number of benzene rings is 1. The number of sulfonamides is 1. The van der Waals surface area contributed by atoms with E-state index in [-0.39, 0.29) is 16.8 Å². The molecule has 6 heteroatoms. The summed E-state index contributed by atoms with van der Waals surface area (Å²) in [6.07, 6.45) is 4.53. The van der Waals surface area contributed by atoms with Gasteiger partial charge in [-0.3, -0.25) is 4.79 Å². The average molecular weight is 324 g/mol. The maximum atomic E-state index is 12.3. The minimum Gasteiger partial charge on any atom is -0.349 e. The standard InChI is InChI=1S/C16H24N2O3S/c1-12-6-4-5-7-15(12)17-16(19)13-8-10-14(11-9-13)22(20,21)18(2)3/h8-12,15H,4-7H2,1-3H3,(H,17,19)/t12-,15+/m0/s1. The van der Waals surface area contributed by atoms with Gasteiger partial charge in [-0.2, -0.15) is 0 Å². The van der Waals surface area contributed by atoms with Crippen LogP contribution in [0.3, 0.4) is 0 Å². The average Bonchev–Trinajstić information content (AvgIpc) is 2.49. The highest BCUT2D eigenvalue weighted by molar-refractivity contribution is 7.89. The number of nitrogens with zero attached hydrogens (tertiary/aromatic N) is 1. The zero-order valence-electron chi connectivity index (χ0n) is 13.4. The van der Waals surface area contributed by atoms with Gasteiger partial charge in [0.2, 0.25) is 10.0 Å². The normalized spacial score (nSPS) is 22.5. The Morgan fingerprint density at radius 2 is 1.73 bits per heavy atom. The van der Waals surface area contributed by atoms with E-state index in [1.807, 2.05) is 0 Å². The molecule has 2 rings (SSSR count). The van der Waals surface area contributed by atoms with Crippen molar-refractivity contribution in [1.29, 1.82) is 0 Å². The van der Waals surface area contributed by atoms with Crippen molar-refractivity contribution < 1.29 is 13.2 Å². The fraction of sp³-hybridized carbons (Fsp3) is 0.562. The molecule has 1 amide bonds. The number of hydrogen-bond acceptors (Lipinski definition) is 3. The van der Waals surface area contributed by atoms with Gasteiger partial charge in [0.25, 0.3) is 5.91 Å². The molecule has 122 valence electrons. The molecule has 0 aliphatic heterocycles. The summed E-state index contributed by atoms with van der Waals surface area (Å²) in [5.41, 5.74) is 0.496. The topological polar surface area (TPSA) is 66.5 Å². The van der Waals surface area contributed by atoms with Gasteiger partial charge in [-0.15, -0.1) is 0 Å². The van der Waals surface area contributed by atoms with Crippen LogP contribution in [-0.2, 0) is 10.0 Å². The predicted octanol–water partition coefficient (Wildman–Crippen LogP) is 2.25. The van der Waals surface area contributed by atoms with Gasteiger partial charge in [0.05, 0.1) is 4.90 Å². The van der Waals surface area contributed by atoms with Crippen LogP contribution in [0.4, 0.5) is 0 Å². The summed E-state index contributed by atoms with van der Waals surface area (Å²) in [4.78, 5) is 12.5. The summed E-state index contributed by atoms with van der Waals surface area (Å²) in [6, 6.07) is 6.31. The van der Waals surface area contributed by atoms with Crippen molar-refractivity contribution in [3.63, 3.8) is 0 Å². The van der Waals surface area contributed by atoms with E-state index in [9.17, 15) is 13.2 Å². The number of carbonyl (C=O) groups excluding carboxylic acids is 1. The number of amides is 1. The van der Waals surface area contributed by atoms with Crippen molar-refractivity contribution in [1.82, 2.24) is 9.62 Å². The Balaban J connectivity index is 2.08. The lowest BCUT2D eigenvalue weighted by Crippen LogP contribution is -2.41. The lowest BCUT2D eigenvalue weighted by Gasteiger charge is -2.29. The van der Waals surface area contributed by atoms with Gasteiger partial charge in [0.1, 0.15) is 0 Å². The lowest BCUT2D eigenvalue weighted by molar-refractivity contribution is 0.0910. The van der Waals surface area contributed by atoms with Crippen molar-refractivity contribution in [2.24, 2.45) is 5.92 Å². The molecular weight excluding hydrogens is 300 g/mol. The lowest BCUT2D eigenvalue weighted by atomic mass is 9.86. The van der Waals surface area contributed by atoms with E-state index in [2.05, 4.69) is 12.2 Å². The Kier molecular flexibility index (Phi) is 5.24. The van der Waals surface area contributed by atoms with Gasteiger partial charge in [-0.25, -0.2) is 12.7 Å². The van der Waals surface area contributed by atoms with E-state index in [1.165, 1.54) is 32.6 Å². The molecule has 22 heavy (non-hydrogen) atoms. The van der Waals surface area contributed by atoms with E-state index < -0.39 is 10.0 Å². The fourth-order valence-corrected chi connectivity index (χ4v) is 3.67. The van der Waals surface area contributed by atoms with Crippen LogP contribution >= 0.6 is 0 Å². The summed E-state index contributed by atoms with van der Waals surface area (Å²) in [5.74, 6) is 0.360. The SMILES string of the molecule is C[C@H]1CCCC[C@H]1NC(=O)c1ccc(S(=O)(=O)N(C)C)cc1. The molecule has 0 spiro atoms. The summed E-state index contributed by atoms with van der Waals surface area (Å²) in [6.45, 7) is 2.16. The molecule has 0 aromatic heterocycles. The highest BCUT2D eigenvalue weighted by Gasteiger charge is 2.23. The minimum absolute atomic E-state index is 0.132. The molecule has 5 nitrogen and oxygen atoms in total. The first-order valence-corrected chi connectivity index (χ1v) is 9.10. The van der Waals surface area contributed by atoms with Crippen molar-refractivity contribution in [2.45, 2.75) is 43.5 Å². The maximum absolute atomic E-state index is 12.3. The second kappa shape index (κ2) is 6.79. The maximum Gasteiger partial charge on any atom is 0.251 e. The monoisotopic (exact) mass is 324 g/mol. The highest BCUT2D eigenvalue weighted by atomic mass is 32.2. The number of carbonyl (C=O) groups is 1. The van der Waals surface area contributed by atoms with Gasteiger partial charge in [-0.1, -0.05) is 19.8 Å². The number of nitrogens with one attached hydrogen (secondary N) is 1. The van der Waals surface area contributed by atoms with Gasteiger partial charge >= 0.3 is 0 Å². The third kappa shape index (κ3) is 3.67. The first kappa shape index (κ1) is 17.0. The van der Waals surface area contributed by atoms with Crippen molar-refractivity contribution in [3.8, 4) is 0 Å². The molecule has 1 saturated carbocycles. The van der Waals surface area contributed by atoms with Crippen LogP contribution in [-0.4, -0.2) is 38.8 Å². The van der Waals surface area contributed by atoms with Crippen LogP contribution in [0.2, 0.25) is 0 Å². The molecule has 2 atom stereocenters. The molecule has 0 bridgehead atoms. The van der Waals surface area contributed by atoms with Gasteiger partial charge in [0.15, 0.2) is 0 Å². The minimum atomic E-state index is -3.45. The van der Waals surface area contributed by atoms with E-state index in [0.29, 0.717) is 11.5 Å².